The van der Waals surface area contributed by atoms with E-state index in [1.165, 1.54) is 37.3 Å². The number of hydrogen-bond donors (Lipinski definition) is 3. The van der Waals surface area contributed by atoms with Gasteiger partial charge in [0.2, 0.25) is 15.9 Å². The molecule has 0 fully saturated rings. The van der Waals surface area contributed by atoms with Crippen molar-refractivity contribution >= 4 is 56.4 Å². The van der Waals surface area contributed by atoms with Crippen molar-refractivity contribution in [2.24, 2.45) is 0 Å². The fraction of sp³-hybridized carbons (Fsp3) is 0.176. The molecule has 0 radical (unpaired) electrons. The van der Waals surface area contributed by atoms with Crippen molar-refractivity contribution in [1.82, 2.24) is 5.32 Å². The first-order valence-electron chi connectivity index (χ1n) is 7.84. The number of carbonyl (C=O) groups is 2. The van der Waals surface area contributed by atoms with Crippen molar-refractivity contribution < 1.29 is 18.0 Å². The van der Waals surface area contributed by atoms with Gasteiger partial charge in [0.05, 0.1) is 22.9 Å². The molecule has 0 aliphatic heterocycles. The van der Waals surface area contributed by atoms with Gasteiger partial charge in [0.25, 0.3) is 5.91 Å². The maximum absolute atomic E-state index is 12.1. The number of sulfonamides is 1. The lowest BCUT2D eigenvalue weighted by Gasteiger charge is -2.09. The summed E-state index contributed by atoms with van der Waals surface area (Å²) in [6.07, 6.45) is 0. The second-order valence-corrected chi connectivity index (χ2v) is 8.29. The number of benzene rings is 2. The highest BCUT2D eigenvalue weighted by atomic mass is 35.5. The van der Waals surface area contributed by atoms with E-state index in [4.69, 9.17) is 23.2 Å². The van der Waals surface area contributed by atoms with Gasteiger partial charge in [-0.25, -0.2) is 8.42 Å². The smallest absolute Gasteiger partial charge is 0.253 e. The molecule has 0 heterocycles. The van der Waals surface area contributed by atoms with Crippen LogP contribution in [0.15, 0.2) is 42.5 Å². The quantitative estimate of drug-likeness (QED) is 0.628. The van der Waals surface area contributed by atoms with Crippen molar-refractivity contribution in [2.75, 3.05) is 22.3 Å². The van der Waals surface area contributed by atoms with Crippen LogP contribution in [-0.4, -0.2) is 32.5 Å². The van der Waals surface area contributed by atoms with Crippen LogP contribution in [0.25, 0.3) is 0 Å². The number of anilines is 2. The first kappa shape index (κ1) is 21.0. The van der Waals surface area contributed by atoms with Crippen LogP contribution < -0.4 is 15.4 Å². The molecule has 27 heavy (non-hydrogen) atoms. The Morgan fingerprint density at radius 2 is 1.63 bits per heavy atom. The number of nitrogens with one attached hydrogen (secondary N) is 3. The van der Waals surface area contributed by atoms with E-state index < -0.39 is 21.8 Å². The van der Waals surface area contributed by atoms with Crippen molar-refractivity contribution in [2.45, 2.75) is 6.92 Å². The summed E-state index contributed by atoms with van der Waals surface area (Å²) in [5.41, 5.74) is 1.06. The van der Waals surface area contributed by atoms with E-state index in [0.717, 1.165) is 0 Å². The van der Waals surface area contributed by atoms with Crippen LogP contribution in [0.5, 0.6) is 0 Å². The number of carbonyl (C=O) groups excluding carboxylic acids is 2. The average molecular weight is 430 g/mol. The fourth-order valence-electron chi connectivity index (χ4n) is 2.01. The van der Waals surface area contributed by atoms with E-state index in [0.29, 0.717) is 16.4 Å². The van der Waals surface area contributed by atoms with Gasteiger partial charge in [0.1, 0.15) is 0 Å². The van der Waals surface area contributed by atoms with Gasteiger partial charge in [-0.3, -0.25) is 14.3 Å². The Balaban J connectivity index is 1.89. The summed E-state index contributed by atoms with van der Waals surface area (Å²) in [5, 5.41) is 5.64. The third-order valence-electron chi connectivity index (χ3n) is 3.41. The molecule has 0 spiro atoms. The van der Waals surface area contributed by atoms with Gasteiger partial charge in [-0.2, -0.15) is 0 Å². The number of hydrogen-bond acceptors (Lipinski definition) is 4. The summed E-state index contributed by atoms with van der Waals surface area (Å²) in [6, 6.07) is 10.6. The molecule has 0 aliphatic carbocycles. The zero-order valence-electron chi connectivity index (χ0n) is 14.3. The summed E-state index contributed by atoms with van der Waals surface area (Å²) >= 11 is 11.7. The third-order valence-corrected chi connectivity index (χ3v) is 5.26. The summed E-state index contributed by atoms with van der Waals surface area (Å²) in [6.45, 7) is 1.27. The van der Waals surface area contributed by atoms with Crippen LogP contribution in [0.3, 0.4) is 0 Å². The van der Waals surface area contributed by atoms with E-state index in [2.05, 4.69) is 15.4 Å². The van der Waals surface area contributed by atoms with Crippen LogP contribution in [0.4, 0.5) is 11.4 Å². The lowest BCUT2D eigenvalue weighted by atomic mass is 10.2. The highest BCUT2D eigenvalue weighted by Gasteiger charge is 2.12. The normalized spacial score (nSPS) is 10.9. The number of halogens is 2. The standard InChI is InChI=1S/C17H17Cl2N3O4S/c1-2-27(25,26)22-13-6-4-12(5-7-13)21-16(23)10-20-17(24)14-8-3-11(18)9-15(14)19/h3-9,22H,2,10H2,1H3,(H,20,24)(H,21,23). The van der Waals surface area contributed by atoms with Gasteiger partial charge >= 0.3 is 0 Å². The van der Waals surface area contributed by atoms with E-state index in [1.807, 2.05) is 0 Å². The van der Waals surface area contributed by atoms with Crippen molar-refractivity contribution in [3.63, 3.8) is 0 Å². The van der Waals surface area contributed by atoms with E-state index in [9.17, 15) is 18.0 Å². The Morgan fingerprint density at radius 1 is 1.00 bits per heavy atom. The molecule has 0 saturated carbocycles. The Kier molecular flexibility index (Phi) is 7.06. The SMILES string of the molecule is CCS(=O)(=O)Nc1ccc(NC(=O)CNC(=O)c2ccc(Cl)cc2Cl)cc1. The van der Waals surface area contributed by atoms with E-state index >= 15 is 0 Å². The summed E-state index contributed by atoms with van der Waals surface area (Å²) in [7, 11) is -3.36. The Bertz CT molecular complexity index is 947. The zero-order chi connectivity index (χ0) is 20.0. The largest absolute Gasteiger partial charge is 0.343 e. The molecular weight excluding hydrogens is 413 g/mol. The highest BCUT2D eigenvalue weighted by molar-refractivity contribution is 7.92. The maximum Gasteiger partial charge on any atom is 0.253 e. The summed E-state index contributed by atoms with van der Waals surface area (Å²) in [4.78, 5) is 24.0. The second-order valence-electron chi connectivity index (χ2n) is 5.44. The molecule has 2 rings (SSSR count). The van der Waals surface area contributed by atoms with Gasteiger partial charge in [0, 0.05) is 16.4 Å². The molecule has 7 nitrogen and oxygen atoms in total. The monoisotopic (exact) mass is 429 g/mol. The molecule has 2 aromatic carbocycles. The van der Waals surface area contributed by atoms with Crippen LogP contribution in [0, 0.1) is 0 Å². The summed E-state index contributed by atoms with van der Waals surface area (Å²) in [5.74, 6) is -0.991. The van der Waals surface area contributed by atoms with Crippen LogP contribution >= 0.6 is 23.2 Å². The molecule has 3 N–H and O–H groups in total. The molecule has 0 unspecified atom stereocenters. The number of amides is 2. The Labute approximate surface area is 167 Å². The van der Waals surface area contributed by atoms with E-state index in [1.54, 1.807) is 12.1 Å². The van der Waals surface area contributed by atoms with Gasteiger partial charge in [-0.15, -0.1) is 0 Å². The molecule has 144 valence electrons. The van der Waals surface area contributed by atoms with Gasteiger partial charge in [-0.05, 0) is 49.4 Å². The minimum Gasteiger partial charge on any atom is -0.343 e. The lowest BCUT2D eigenvalue weighted by Crippen LogP contribution is -2.33. The highest BCUT2D eigenvalue weighted by Crippen LogP contribution is 2.20. The first-order chi connectivity index (χ1) is 12.7. The molecule has 0 saturated heterocycles. The molecule has 0 atom stereocenters. The molecule has 2 aromatic rings. The molecular formula is C17H17Cl2N3O4S. The maximum atomic E-state index is 12.1. The third kappa shape index (κ3) is 6.42. The van der Waals surface area contributed by atoms with Crippen molar-refractivity contribution in [3.05, 3.63) is 58.1 Å². The molecule has 2 amide bonds. The minimum absolute atomic E-state index is 0.0389. The topological polar surface area (TPSA) is 104 Å². The minimum atomic E-state index is -3.36. The van der Waals surface area contributed by atoms with Crippen LogP contribution in [0.2, 0.25) is 10.0 Å². The molecule has 0 aliphatic rings. The average Bonchev–Trinajstić information content (AvgIpc) is 2.61. The Hall–Kier alpha value is -2.29. The van der Waals surface area contributed by atoms with Gasteiger partial charge < -0.3 is 10.6 Å². The Morgan fingerprint density at radius 3 is 2.22 bits per heavy atom. The van der Waals surface area contributed by atoms with Crippen LogP contribution in [0.1, 0.15) is 17.3 Å². The molecule has 10 heteroatoms. The summed E-state index contributed by atoms with van der Waals surface area (Å²) < 4.78 is 25.4. The zero-order valence-corrected chi connectivity index (χ0v) is 16.6. The fourth-order valence-corrected chi connectivity index (χ4v) is 3.14. The number of rotatable bonds is 7. The predicted molar refractivity (Wildman–Crippen MR) is 107 cm³/mol. The van der Waals surface area contributed by atoms with Gasteiger partial charge in [0.15, 0.2) is 0 Å². The molecule has 0 aromatic heterocycles. The first-order valence-corrected chi connectivity index (χ1v) is 10.2. The van der Waals surface area contributed by atoms with Crippen molar-refractivity contribution in [1.29, 1.82) is 0 Å². The van der Waals surface area contributed by atoms with E-state index in [-0.39, 0.29) is 22.9 Å². The van der Waals surface area contributed by atoms with Crippen LogP contribution in [-0.2, 0) is 14.8 Å². The van der Waals surface area contributed by atoms with Gasteiger partial charge in [-0.1, -0.05) is 23.2 Å². The predicted octanol–water partition coefficient (Wildman–Crippen LogP) is 3.12. The molecule has 0 bridgehead atoms. The second kappa shape index (κ2) is 9.07. The van der Waals surface area contributed by atoms with Crippen molar-refractivity contribution in [3.8, 4) is 0 Å². The lowest BCUT2D eigenvalue weighted by molar-refractivity contribution is -0.115.